The molecule has 2 atom stereocenters. The van der Waals surface area contributed by atoms with Crippen LogP contribution in [0, 0.1) is 5.92 Å². The van der Waals surface area contributed by atoms with E-state index in [-0.39, 0.29) is 11.6 Å². The molecule has 1 fully saturated rings. The molecular formula is C22H31N5O. The first-order valence-electron chi connectivity index (χ1n) is 10.2. The third-order valence-electron chi connectivity index (χ3n) is 5.12. The quantitative estimate of drug-likeness (QED) is 0.716. The van der Waals surface area contributed by atoms with Gasteiger partial charge in [-0.05, 0) is 43.0 Å². The highest BCUT2D eigenvalue weighted by Gasteiger charge is 2.27. The lowest BCUT2D eigenvalue weighted by Gasteiger charge is -2.40. The van der Waals surface area contributed by atoms with E-state index < -0.39 is 0 Å². The average molecular weight is 382 g/mol. The van der Waals surface area contributed by atoms with Crippen molar-refractivity contribution in [2.24, 2.45) is 5.92 Å². The van der Waals surface area contributed by atoms with Crippen molar-refractivity contribution in [3.05, 3.63) is 47.8 Å². The van der Waals surface area contributed by atoms with Gasteiger partial charge < -0.3 is 16.0 Å². The highest BCUT2D eigenvalue weighted by Crippen LogP contribution is 2.21. The Bertz CT molecular complexity index is 807. The molecule has 0 radical (unpaired) electrons. The summed E-state index contributed by atoms with van der Waals surface area (Å²) in [7, 11) is 0. The molecule has 6 heteroatoms. The van der Waals surface area contributed by atoms with Crippen molar-refractivity contribution in [1.29, 1.82) is 0 Å². The van der Waals surface area contributed by atoms with E-state index in [2.05, 4.69) is 41.0 Å². The van der Waals surface area contributed by atoms with Crippen LogP contribution in [0.4, 0.5) is 11.6 Å². The number of aromatic nitrogens is 2. The molecule has 0 bridgehead atoms. The number of nitrogens with one attached hydrogen (secondary N) is 1. The summed E-state index contributed by atoms with van der Waals surface area (Å²) in [6, 6.07) is 9.92. The number of nitrogens with two attached hydrogens (primary N) is 1. The van der Waals surface area contributed by atoms with Crippen molar-refractivity contribution in [3.63, 3.8) is 0 Å². The predicted octanol–water partition coefficient (Wildman–Crippen LogP) is 3.28. The molecule has 1 saturated heterocycles. The molecule has 3 rings (SSSR count). The highest BCUT2D eigenvalue weighted by atomic mass is 16.1. The average Bonchev–Trinajstić information content (AvgIpc) is 2.67. The summed E-state index contributed by atoms with van der Waals surface area (Å²) >= 11 is 0. The van der Waals surface area contributed by atoms with Crippen molar-refractivity contribution in [2.75, 3.05) is 23.7 Å². The molecule has 0 aromatic carbocycles. The lowest BCUT2D eigenvalue weighted by atomic mass is 9.98. The van der Waals surface area contributed by atoms with Gasteiger partial charge in [-0.2, -0.15) is 0 Å². The number of nitrogen functional groups attached to an aromatic ring is 1. The predicted molar refractivity (Wildman–Crippen MR) is 114 cm³/mol. The molecule has 0 aliphatic carbocycles. The van der Waals surface area contributed by atoms with Crippen molar-refractivity contribution in [2.45, 2.75) is 52.1 Å². The third-order valence-corrected chi connectivity index (χ3v) is 5.12. The molecule has 0 spiro atoms. The number of piperazine rings is 1. The Morgan fingerprint density at radius 1 is 1.25 bits per heavy atom. The van der Waals surface area contributed by atoms with E-state index in [1.54, 1.807) is 24.4 Å². The van der Waals surface area contributed by atoms with E-state index in [4.69, 9.17) is 5.73 Å². The number of carbonyl (C=O) groups excluding carboxylic acids is 1. The van der Waals surface area contributed by atoms with Gasteiger partial charge in [-0.15, -0.1) is 0 Å². The fraction of sp³-hybridized carbons (Fsp3) is 0.500. The molecule has 0 amide bonds. The van der Waals surface area contributed by atoms with E-state index >= 15 is 0 Å². The van der Waals surface area contributed by atoms with Gasteiger partial charge in [0.1, 0.15) is 17.3 Å². The molecule has 2 aromatic heterocycles. The number of carbonyl (C=O) groups is 1. The summed E-state index contributed by atoms with van der Waals surface area (Å²) in [4.78, 5) is 23.9. The second kappa shape index (κ2) is 9.15. The van der Waals surface area contributed by atoms with Crippen LogP contribution in [0.5, 0.6) is 0 Å². The van der Waals surface area contributed by atoms with E-state index in [1.165, 1.54) is 0 Å². The highest BCUT2D eigenvalue weighted by molar-refractivity contribution is 6.10. The number of hydrogen-bond donors (Lipinski definition) is 2. The summed E-state index contributed by atoms with van der Waals surface area (Å²) in [5.41, 5.74) is 6.68. The Morgan fingerprint density at radius 2 is 2.04 bits per heavy atom. The number of rotatable bonds is 7. The Labute approximate surface area is 167 Å². The molecule has 3 N–H and O–H groups in total. The van der Waals surface area contributed by atoms with Crippen LogP contribution in [-0.4, -0.2) is 40.9 Å². The summed E-state index contributed by atoms with van der Waals surface area (Å²) < 4.78 is 0. The van der Waals surface area contributed by atoms with Gasteiger partial charge in [-0.25, -0.2) is 9.97 Å². The molecule has 3 heterocycles. The van der Waals surface area contributed by atoms with Crippen molar-refractivity contribution in [1.82, 2.24) is 15.3 Å². The maximum absolute atomic E-state index is 12.9. The smallest absolute Gasteiger partial charge is 0.215 e. The van der Waals surface area contributed by atoms with Crippen LogP contribution in [0.1, 0.15) is 56.1 Å². The van der Waals surface area contributed by atoms with Crippen LogP contribution in [0.15, 0.2) is 36.5 Å². The van der Waals surface area contributed by atoms with Crippen molar-refractivity contribution in [3.8, 4) is 0 Å². The maximum atomic E-state index is 12.9. The van der Waals surface area contributed by atoms with Gasteiger partial charge in [0.05, 0.1) is 5.56 Å². The van der Waals surface area contributed by atoms with E-state index in [0.29, 0.717) is 29.3 Å². The molecular weight excluding hydrogens is 350 g/mol. The molecule has 0 unspecified atom stereocenters. The standard InChI is InChI=1S/C22H31N5O/c1-4-7-16-13-27(14-17(25-16)12-15(2)3)20-10-5-9-19(26-20)21(28)18-8-6-11-24-22(18)23/h5-6,8-11,15-17,25H,4,7,12-14H2,1-3H3,(H2,23,24)/t16-,17+/m1/s1. The third kappa shape index (κ3) is 4.87. The minimum Gasteiger partial charge on any atom is -0.383 e. The summed E-state index contributed by atoms with van der Waals surface area (Å²) in [5, 5.41) is 3.79. The summed E-state index contributed by atoms with van der Waals surface area (Å²) in [6.45, 7) is 8.53. The molecule has 1 aliphatic heterocycles. The van der Waals surface area contributed by atoms with Gasteiger partial charge in [0.15, 0.2) is 0 Å². The zero-order chi connectivity index (χ0) is 20.1. The minimum absolute atomic E-state index is 0.188. The molecule has 6 nitrogen and oxygen atoms in total. The van der Waals surface area contributed by atoms with Crippen molar-refractivity contribution >= 4 is 17.4 Å². The maximum Gasteiger partial charge on any atom is 0.215 e. The molecule has 150 valence electrons. The lowest BCUT2D eigenvalue weighted by molar-refractivity contribution is 0.103. The van der Waals surface area contributed by atoms with Gasteiger partial charge in [-0.1, -0.05) is 33.3 Å². The zero-order valence-electron chi connectivity index (χ0n) is 17.1. The first-order valence-corrected chi connectivity index (χ1v) is 10.2. The van der Waals surface area contributed by atoms with Crippen LogP contribution in [-0.2, 0) is 0 Å². The van der Waals surface area contributed by atoms with E-state index in [0.717, 1.165) is 38.2 Å². The van der Waals surface area contributed by atoms with Gasteiger partial charge in [0, 0.05) is 31.4 Å². The Hall–Kier alpha value is -2.47. The Morgan fingerprint density at radius 3 is 2.75 bits per heavy atom. The Kier molecular flexibility index (Phi) is 6.62. The second-order valence-electron chi connectivity index (χ2n) is 8.03. The monoisotopic (exact) mass is 381 g/mol. The normalized spacial score (nSPS) is 19.8. The van der Waals surface area contributed by atoms with Crippen LogP contribution in [0.3, 0.4) is 0 Å². The molecule has 2 aromatic rings. The number of anilines is 2. The van der Waals surface area contributed by atoms with Gasteiger partial charge >= 0.3 is 0 Å². The van der Waals surface area contributed by atoms with Gasteiger partial charge in [0.25, 0.3) is 0 Å². The van der Waals surface area contributed by atoms with Crippen LogP contribution >= 0.6 is 0 Å². The summed E-state index contributed by atoms with van der Waals surface area (Å²) in [6.07, 6.45) is 4.99. The molecule has 0 saturated carbocycles. The van der Waals surface area contributed by atoms with Gasteiger partial charge in [0.2, 0.25) is 5.78 Å². The van der Waals surface area contributed by atoms with Gasteiger partial charge in [-0.3, -0.25) is 4.79 Å². The van der Waals surface area contributed by atoms with Crippen LogP contribution < -0.4 is 16.0 Å². The van der Waals surface area contributed by atoms with Crippen LogP contribution in [0.25, 0.3) is 0 Å². The van der Waals surface area contributed by atoms with Crippen molar-refractivity contribution < 1.29 is 4.79 Å². The number of nitrogens with zero attached hydrogens (tertiary/aromatic N) is 3. The minimum atomic E-state index is -0.188. The van der Waals surface area contributed by atoms with Crippen LogP contribution in [0.2, 0.25) is 0 Å². The molecule has 28 heavy (non-hydrogen) atoms. The first kappa shape index (κ1) is 20.3. The summed E-state index contributed by atoms with van der Waals surface area (Å²) in [5.74, 6) is 1.53. The lowest BCUT2D eigenvalue weighted by Crippen LogP contribution is -2.57. The van der Waals surface area contributed by atoms with E-state index in [9.17, 15) is 4.79 Å². The SMILES string of the molecule is CCC[C@@H]1CN(c2cccc(C(=O)c3cccnc3N)n2)C[C@H](CC(C)C)N1. The fourth-order valence-electron chi connectivity index (χ4n) is 3.94. The largest absolute Gasteiger partial charge is 0.383 e. The Balaban J connectivity index is 1.83. The first-order chi connectivity index (χ1) is 13.5. The number of ketones is 1. The molecule has 1 aliphatic rings. The zero-order valence-corrected chi connectivity index (χ0v) is 17.1. The topological polar surface area (TPSA) is 84.1 Å². The number of hydrogen-bond acceptors (Lipinski definition) is 6. The second-order valence-corrected chi connectivity index (χ2v) is 8.03. The number of pyridine rings is 2. The van der Waals surface area contributed by atoms with E-state index in [1.807, 2.05) is 12.1 Å². The fourth-order valence-corrected chi connectivity index (χ4v) is 3.94.